The maximum absolute atomic E-state index is 12.2. The normalized spacial score (nSPS) is 26.0. The lowest BCUT2D eigenvalue weighted by Crippen LogP contribution is -2.50. The predicted octanol–water partition coefficient (Wildman–Crippen LogP) is 0.263. The molecule has 2 heterocycles. The number of amides is 1. The zero-order valence-electron chi connectivity index (χ0n) is 10.1. The van der Waals surface area contributed by atoms with Crippen LogP contribution in [0, 0.1) is 5.92 Å². The van der Waals surface area contributed by atoms with Gasteiger partial charge < -0.3 is 9.80 Å². The lowest BCUT2D eigenvalue weighted by molar-refractivity contribution is -0.138. The maximum atomic E-state index is 12.2. The second-order valence-electron chi connectivity index (χ2n) is 4.94. The molecule has 16 heavy (non-hydrogen) atoms. The molecule has 2 saturated heterocycles. The molecule has 0 spiro atoms. The monoisotopic (exact) mass is 243 g/mol. The first-order valence-electron chi connectivity index (χ1n) is 6.14. The van der Waals surface area contributed by atoms with Crippen molar-refractivity contribution in [3.63, 3.8) is 0 Å². The highest BCUT2D eigenvalue weighted by Gasteiger charge is 2.28. The van der Waals surface area contributed by atoms with E-state index in [1.54, 1.807) is 0 Å². The molecule has 2 aliphatic rings. The molecule has 1 amide bonds. The summed E-state index contributed by atoms with van der Waals surface area (Å²) < 4.78 is 2.23. The van der Waals surface area contributed by atoms with Crippen molar-refractivity contribution in [2.45, 2.75) is 12.8 Å². The van der Waals surface area contributed by atoms with E-state index in [2.05, 4.69) is 30.9 Å². The van der Waals surface area contributed by atoms with Gasteiger partial charge in [-0.2, -0.15) is 0 Å². The Morgan fingerprint density at radius 1 is 1.06 bits per heavy atom. The Labute approximate surface area is 100 Å². The Kier molecular flexibility index (Phi) is 4.17. The molecule has 0 aromatic rings. The largest absolute Gasteiger partial charge is 0.340 e. The Bertz CT molecular complexity index is 222. The van der Waals surface area contributed by atoms with Crippen LogP contribution in [0.2, 0.25) is 0 Å². The summed E-state index contributed by atoms with van der Waals surface area (Å²) in [6.45, 7) is 5.94. The number of piperazine rings is 1. The fourth-order valence-electron chi connectivity index (χ4n) is 2.43. The molecule has 2 fully saturated rings. The van der Waals surface area contributed by atoms with Crippen molar-refractivity contribution in [3.8, 4) is 0 Å². The zero-order chi connectivity index (χ0) is 11.5. The third-order valence-corrected chi connectivity index (χ3v) is 4.21. The van der Waals surface area contributed by atoms with Gasteiger partial charge in [-0.1, -0.05) is 9.39 Å². The van der Waals surface area contributed by atoms with E-state index in [0.29, 0.717) is 5.91 Å². The average molecular weight is 243 g/mol. The summed E-state index contributed by atoms with van der Waals surface area (Å²) in [7, 11) is 4.85. The van der Waals surface area contributed by atoms with E-state index in [4.69, 9.17) is 0 Å². The van der Waals surface area contributed by atoms with Crippen LogP contribution in [0.4, 0.5) is 0 Å². The van der Waals surface area contributed by atoms with Gasteiger partial charge in [-0.3, -0.25) is 9.46 Å². The molecule has 1 atom stereocenters. The van der Waals surface area contributed by atoms with Crippen molar-refractivity contribution in [2.75, 3.05) is 46.3 Å². The van der Waals surface area contributed by atoms with Crippen LogP contribution in [0.5, 0.6) is 0 Å². The van der Waals surface area contributed by atoms with Gasteiger partial charge in [0.1, 0.15) is 0 Å². The lowest BCUT2D eigenvalue weighted by Gasteiger charge is -2.36. The Hall–Kier alpha value is -0.180. The smallest absolute Gasteiger partial charge is 0.225 e. The van der Waals surface area contributed by atoms with Crippen molar-refractivity contribution in [3.05, 3.63) is 0 Å². The highest BCUT2D eigenvalue weighted by atomic mass is 31.0. The van der Waals surface area contributed by atoms with E-state index >= 15 is 0 Å². The first-order chi connectivity index (χ1) is 7.66. The van der Waals surface area contributed by atoms with Crippen LogP contribution in [0.1, 0.15) is 12.8 Å². The van der Waals surface area contributed by atoms with E-state index in [9.17, 15) is 4.79 Å². The summed E-state index contributed by atoms with van der Waals surface area (Å²) in [5.41, 5.74) is 0. The molecule has 4 nitrogen and oxygen atoms in total. The minimum absolute atomic E-state index is 0.278. The summed E-state index contributed by atoms with van der Waals surface area (Å²) in [5.74, 6) is 0.673. The number of piperidine rings is 1. The number of rotatable bonds is 1. The number of hydrogen-bond acceptors (Lipinski definition) is 3. The van der Waals surface area contributed by atoms with Gasteiger partial charge in [-0.25, -0.2) is 0 Å². The van der Waals surface area contributed by atoms with E-state index in [-0.39, 0.29) is 5.92 Å². The first kappa shape index (κ1) is 12.3. The molecule has 0 aliphatic carbocycles. The van der Waals surface area contributed by atoms with Gasteiger partial charge in [-0.15, -0.1) is 0 Å². The number of carbonyl (C=O) groups excluding carboxylic acids is 1. The molecule has 0 aromatic carbocycles. The molecule has 1 unspecified atom stereocenters. The Balaban J connectivity index is 1.83. The van der Waals surface area contributed by atoms with Crippen molar-refractivity contribution >= 4 is 15.3 Å². The van der Waals surface area contributed by atoms with Crippen LogP contribution in [0.3, 0.4) is 0 Å². The highest BCUT2D eigenvalue weighted by molar-refractivity contribution is 7.13. The SMILES string of the molecule is CN1CCN(C(=O)C2CCN(P)CC2)CC1. The van der Waals surface area contributed by atoms with Crippen LogP contribution in [-0.2, 0) is 4.79 Å². The number of likely N-dealkylation sites (N-methyl/N-ethyl adjacent to an activating group) is 1. The minimum atomic E-state index is 0.278. The van der Waals surface area contributed by atoms with Gasteiger partial charge in [0, 0.05) is 45.2 Å². The van der Waals surface area contributed by atoms with Crippen LogP contribution in [0.15, 0.2) is 0 Å². The number of carbonyl (C=O) groups is 1. The molecular weight excluding hydrogens is 221 g/mol. The number of hydrogen-bond donors (Lipinski definition) is 0. The van der Waals surface area contributed by atoms with Gasteiger partial charge in [0.05, 0.1) is 0 Å². The molecule has 0 N–H and O–H groups in total. The summed E-state index contributed by atoms with van der Waals surface area (Å²) >= 11 is 0. The summed E-state index contributed by atoms with van der Waals surface area (Å²) in [6.07, 6.45) is 2.04. The quantitative estimate of drug-likeness (QED) is 0.618. The first-order valence-corrected chi connectivity index (χ1v) is 6.65. The van der Waals surface area contributed by atoms with Gasteiger partial charge in [0.15, 0.2) is 0 Å². The van der Waals surface area contributed by atoms with Gasteiger partial charge in [0.25, 0.3) is 0 Å². The molecule has 2 rings (SSSR count). The molecule has 2 aliphatic heterocycles. The Morgan fingerprint density at radius 3 is 2.19 bits per heavy atom. The number of nitrogens with zero attached hydrogens (tertiary/aromatic N) is 3. The predicted molar refractivity (Wildman–Crippen MR) is 68.1 cm³/mol. The molecular formula is C11H22N3OP. The van der Waals surface area contributed by atoms with E-state index in [1.165, 1.54) is 0 Å². The lowest BCUT2D eigenvalue weighted by atomic mass is 9.96. The molecule has 92 valence electrons. The highest BCUT2D eigenvalue weighted by Crippen LogP contribution is 2.21. The third-order valence-electron chi connectivity index (χ3n) is 3.69. The fraction of sp³-hybridized carbons (Fsp3) is 0.909. The summed E-state index contributed by atoms with van der Waals surface area (Å²) in [5, 5.41) is 0. The topological polar surface area (TPSA) is 26.8 Å². The average Bonchev–Trinajstić information content (AvgIpc) is 2.30. The van der Waals surface area contributed by atoms with Crippen molar-refractivity contribution < 1.29 is 4.79 Å². The van der Waals surface area contributed by atoms with Gasteiger partial charge in [-0.05, 0) is 19.9 Å². The second kappa shape index (κ2) is 5.44. The molecule has 0 aromatic heterocycles. The standard InChI is InChI=1S/C11H22N3OP/c1-12-6-8-13(9-7-12)11(15)10-2-4-14(16)5-3-10/h10H,2-9,16H2,1H3. The van der Waals surface area contributed by atoms with Crippen LogP contribution in [0.25, 0.3) is 0 Å². The van der Waals surface area contributed by atoms with Crippen molar-refractivity contribution in [1.82, 2.24) is 14.5 Å². The minimum Gasteiger partial charge on any atom is -0.340 e. The maximum Gasteiger partial charge on any atom is 0.225 e. The van der Waals surface area contributed by atoms with E-state index in [1.807, 2.05) is 0 Å². The van der Waals surface area contributed by atoms with E-state index in [0.717, 1.165) is 52.1 Å². The fourth-order valence-corrected chi connectivity index (χ4v) is 2.73. The van der Waals surface area contributed by atoms with Crippen LogP contribution in [-0.4, -0.2) is 66.7 Å². The summed E-state index contributed by atoms with van der Waals surface area (Å²) in [4.78, 5) is 16.6. The van der Waals surface area contributed by atoms with Crippen LogP contribution < -0.4 is 0 Å². The van der Waals surface area contributed by atoms with Crippen molar-refractivity contribution in [2.24, 2.45) is 5.92 Å². The zero-order valence-corrected chi connectivity index (χ0v) is 11.2. The molecule has 0 saturated carbocycles. The van der Waals surface area contributed by atoms with E-state index < -0.39 is 0 Å². The van der Waals surface area contributed by atoms with Gasteiger partial charge >= 0.3 is 0 Å². The second-order valence-corrected chi connectivity index (χ2v) is 5.67. The third kappa shape index (κ3) is 2.93. The molecule has 5 heteroatoms. The molecule has 0 bridgehead atoms. The summed E-state index contributed by atoms with van der Waals surface area (Å²) in [6, 6.07) is 0. The Morgan fingerprint density at radius 2 is 1.62 bits per heavy atom. The van der Waals surface area contributed by atoms with Crippen LogP contribution >= 0.6 is 9.39 Å². The van der Waals surface area contributed by atoms with Gasteiger partial charge in [0.2, 0.25) is 5.91 Å². The molecule has 0 radical (unpaired) electrons. The van der Waals surface area contributed by atoms with Crippen molar-refractivity contribution in [1.29, 1.82) is 0 Å².